The SMILES string of the molecule is CCCCCCCCCC(C)(I)CC(F)(F)F. The molecule has 0 bridgehead atoms. The van der Waals surface area contributed by atoms with Gasteiger partial charge in [0.25, 0.3) is 0 Å². The molecule has 0 aromatic carbocycles. The molecule has 0 radical (unpaired) electrons. The van der Waals surface area contributed by atoms with Crippen molar-refractivity contribution in [2.75, 3.05) is 0 Å². The van der Waals surface area contributed by atoms with E-state index in [1.165, 1.54) is 32.1 Å². The summed E-state index contributed by atoms with van der Waals surface area (Å²) in [5, 5.41) is 0. The van der Waals surface area contributed by atoms with Crippen molar-refractivity contribution in [1.82, 2.24) is 0 Å². The molecular formula is C13H24F3I. The van der Waals surface area contributed by atoms with Crippen molar-refractivity contribution in [3.8, 4) is 0 Å². The van der Waals surface area contributed by atoms with Gasteiger partial charge in [0.2, 0.25) is 0 Å². The van der Waals surface area contributed by atoms with Gasteiger partial charge in [-0.25, -0.2) is 0 Å². The zero-order chi connectivity index (χ0) is 13.4. The van der Waals surface area contributed by atoms with Crippen LogP contribution in [0.1, 0.15) is 71.6 Å². The van der Waals surface area contributed by atoms with Crippen molar-refractivity contribution < 1.29 is 13.2 Å². The van der Waals surface area contributed by atoms with Crippen LogP contribution >= 0.6 is 22.6 Å². The smallest absolute Gasteiger partial charge is 0.171 e. The number of rotatable bonds is 9. The maximum Gasteiger partial charge on any atom is 0.390 e. The lowest BCUT2D eigenvalue weighted by Crippen LogP contribution is -2.25. The second-order valence-electron chi connectivity index (χ2n) is 5.08. The van der Waals surface area contributed by atoms with E-state index in [0.717, 1.165) is 12.8 Å². The summed E-state index contributed by atoms with van der Waals surface area (Å²) in [5.41, 5.74) is 0. The lowest BCUT2D eigenvalue weighted by Gasteiger charge is -2.23. The molecule has 0 amide bonds. The van der Waals surface area contributed by atoms with Crippen molar-refractivity contribution in [1.29, 1.82) is 0 Å². The van der Waals surface area contributed by atoms with E-state index in [1.54, 1.807) is 6.92 Å². The zero-order valence-corrected chi connectivity index (χ0v) is 13.0. The number of halogens is 4. The van der Waals surface area contributed by atoms with Crippen molar-refractivity contribution in [2.24, 2.45) is 0 Å². The molecule has 0 aliphatic carbocycles. The number of alkyl halides is 4. The van der Waals surface area contributed by atoms with Crippen LogP contribution in [0.25, 0.3) is 0 Å². The summed E-state index contributed by atoms with van der Waals surface area (Å²) < 4.78 is 36.2. The lowest BCUT2D eigenvalue weighted by atomic mass is 9.98. The number of hydrogen-bond donors (Lipinski definition) is 0. The minimum atomic E-state index is -4.03. The van der Waals surface area contributed by atoms with Gasteiger partial charge in [0, 0.05) is 3.42 Å². The Balaban J connectivity index is 3.52. The molecule has 0 aliphatic heterocycles. The first-order valence-electron chi connectivity index (χ1n) is 6.52. The van der Waals surface area contributed by atoms with Gasteiger partial charge in [0.15, 0.2) is 0 Å². The fraction of sp³-hybridized carbons (Fsp3) is 1.00. The average molecular weight is 364 g/mol. The van der Waals surface area contributed by atoms with Crippen molar-refractivity contribution in [2.45, 2.75) is 81.2 Å². The van der Waals surface area contributed by atoms with E-state index >= 15 is 0 Å². The monoisotopic (exact) mass is 364 g/mol. The number of hydrogen-bond acceptors (Lipinski definition) is 0. The van der Waals surface area contributed by atoms with Gasteiger partial charge in [-0.15, -0.1) is 0 Å². The van der Waals surface area contributed by atoms with Crippen LogP contribution in [-0.4, -0.2) is 9.60 Å². The Morgan fingerprint density at radius 1 is 0.882 bits per heavy atom. The highest BCUT2D eigenvalue weighted by molar-refractivity contribution is 14.1. The predicted octanol–water partition coefficient (Wildman–Crippen LogP) is 6.27. The minimum absolute atomic E-state index is 0.626. The molecule has 0 saturated carbocycles. The van der Waals surface area contributed by atoms with Crippen LogP contribution in [-0.2, 0) is 0 Å². The molecule has 1 unspecified atom stereocenters. The fourth-order valence-corrected chi connectivity index (χ4v) is 2.77. The van der Waals surface area contributed by atoms with Crippen molar-refractivity contribution >= 4 is 22.6 Å². The Bertz CT molecular complexity index is 188. The minimum Gasteiger partial charge on any atom is -0.171 e. The molecule has 0 spiro atoms. The highest BCUT2D eigenvalue weighted by atomic mass is 127. The fourth-order valence-electron chi connectivity index (χ4n) is 1.96. The Labute approximate surface area is 117 Å². The van der Waals surface area contributed by atoms with Crippen LogP contribution in [0.15, 0.2) is 0 Å². The van der Waals surface area contributed by atoms with Gasteiger partial charge in [-0.3, -0.25) is 0 Å². The Morgan fingerprint density at radius 2 is 1.35 bits per heavy atom. The van der Waals surface area contributed by atoms with E-state index in [-0.39, 0.29) is 0 Å². The maximum absolute atomic E-state index is 12.3. The van der Waals surface area contributed by atoms with Gasteiger partial charge in [-0.1, -0.05) is 81.4 Å². The quantitative estimate of drug-likeness (QED) is 0.257. The van der Waals surface area contributed by atoms with Gasteiger partial charge in [-0.2, -0.15) is 13.2 Å². The molecule has 0 rings (SSSR count). The van der Waals surface area contributed by atoms with Crippen molar-refractivity contribution in [3.63, 3.8) is 0 Å². The van der Waals surface area contributed by atoms with E-state index in [1.807, 2.05) is 22.6 Å². The molecule has 0 aromatic heterocycles. The first-order valence-corrected chi connectivity index (χ1v) is 7.60. The first-order chi connectivity index (χ1) is 7.77. The van der Waals surface area contributed by atoms with Gasteiger partial charge in [0.1, 0.15) is 0 Å². The normalized spacial score (nSPS) is 15.9. The zero-order valence-electron chi connectivity index (χ0n) is 10.9. The standard InChI is InChI=1S/C13H24F3I/c1-3-4-5-6-7-8-9-10-12(2,17)11-13(14,15)16/h3-11H2,1-2H3. The summed E-state index contributed by atoms with van der Waals surface area (Å²) in [5.74, 6) is 0. The third-order valence-corrected chi connectivity index (χ3v) is 3.79. The highest BCUT2D eigenvalue weighted by Crippen LogP contribution is 2.37. The first kappa shape index (κ1) is 17.5. The molecule has 0 fully saturated rings. The van der Waals surface area contributed by atoms with Gasteiger partial charge < -0.3 is 0 Å². The van der Waals surface area contributed by atoms with Crippen LogP contribution in [0.3, 0.4) is 0 Å². The summed E-state index contributed by atoms with van der Waals surface area (Å²) in [7, 11) is 0. The molecule has 0 nitrogen and oxygen atoms in total. The molecule has 0 aromatic rings. The van der Waals surface area contributed by atoms with Gasteiger partial charge in [0.05, 0.1) is 6.42 Å². The van der Waals surface area contributed by atoms with E-state index in [0.29, 0.717) is 6.42 Å². The largest absolute Gasteiger partial charge is 0.390 e. The summed E-state index contributed by atoms with van der Waals surface area (Å²) in [4.78, 5) is 0. The predicted molar refractivity (Wildman–Crippen MR) is 75.7 cm³/mol. The van der Waals surface area contributed by atoms with E-state index < -0.39 is 16.0 Å². The Morgan fingerprint density at radius 3 is 1.82 bits per heavy atom. The summed E-state index contributed by atoms with van der Waals surface area (Å²) in [6.45, 7) is 3.89. The molecule has 0 heterocycles. The molecule has 17 heavy (non-hydrogen) atoms. The van der Waals surface area contributed by atoms with E-state index in [9.17, 15) is 13.2 Å². The van der Waals surface area contributed by atoms with Crippen molar-refractivity contribution in [3.05, 3.63) is 0 Å². The van der Waals surface area contributed by atoms with E-state index in [2.05, 4.69) is 6.92 Å². The van der Waals surface area contributed by atoms with E-state index in [4.69, 9.17) is 0 Å². The molecule has 4 heteroatoms. The number of unbranched alkanes of at least 4 members (excludes halogenated alkanes) is 6. The summed E-state index contributed by atoms with van der Waals surface area (Å²) in [6.07, 6.45) is 4.12. The molecular weight excluding hydrogens is 340 g/mol. The van der Waals surface area contributed by atoms with Crippen LogP contribution in [0, 0.1) is 0 Å². The average Bonchev–Trinajstić information content (AvgIpc) is 2.12. The topological polar surface area (TPSA) is 0 Å². The van der Waals surface area contributed by atoms with Crippen LogP contribution < -0.4 is 0 Å². The summed E-state index contributed by atoms with van der Waals surface area (Å²) >= 11 is 1.96. The van der Waals surface area contributed by atoms with Crippen LogP contribution in [0.5, 0.6) is 0 Å². The highest BCUT2D eigenvalue weighted by Gasteiger charge is 2.37. The Hall–Kier alpha value is 0.520. The second kappa shape index (κ2) is 8.59. The second-order valence-corrected chi connectivity index (χ2v) is 7.68. The molecule has 104 valence electrons. The molecule has 0 N–H and O–H groups in total. The molecule has 1 atom stereocenters. The summed E-state index contributed by atoms with van der Waals surface area (Å²) in [6, 6.07) is 0. The third-order valence-electron chi connectivity index (χ3n) is 2.87. The molecule has 0 aliphatic rings. The molecule has 0 saturated heterocycles. The Kier molecular flexibility index (Phi) is 8.86. The van der Waals surface area contributed by atoms with Crippen LogP contribution in [0.4, 0.5) is 13.2 Å². The maximum atomic E-state index is 12.3. The van der Waals surface area contributed by atoms with Crippen LogP contribution in [0.2, 0.25) is 0 Å². The van der Waals surface area contributed by atoms with Gasteiger partial charge >= 0.3 is 6.18 Å². The third kappa shape index (κ3) is 12.8. The lowest BCUT2D eigenvalue weighted by molar-refractivity contribution is -0.139. The van der Waals surface area contributed by atoms with Gasteiger partial charge in [-0.05, 0) is 6.42 Å².